The molecule has 10 heteroatoms. The summed E-state index contributed by atoms with van der Waals surface area (Å²) in [7, 11) is -3.78. The molecule has 0 spiro atoms. The number of halogens is 1. The Balaban J connectivity index is 1.90. The summed E-state index contributed by atoms with van der Waals surface area (Å²) in [6, 6.07) is 10.1. The third kappa shape index (κ3) is 3.58. The van der Waals surface area contributed by atoms with Crippen molar-refractivity contribution in [2.75, 3.05) is 15.4 Å². The molecular weight excluding hydrogens is 406 g/mol. The van der Waals surface area contributed by atoms with Gasteiger partial charge in [-0.2, -0.15) is 0 Å². The largest absolute Gasteiger partial charge is 0.366 e. The maximum atomic E-state index is 12.5. The molecule has 28 heavy (non-hydrogen) atoms. The van der Waals surface area contributed by atoms with Crippen molar-refractivity contribution in [2.24, 2.45) is 11.7 Å². The molecule has 2 aromatic carbocycles. The van der Waals surface area contributed by atoms with E-state index in [0.717, 1.165) is 0 Å². The molecule has 0 bridgehead atoms. The first-order valence-electron chi connectivity index (χ1n) is 8.18. The number of primary amides is 1. The zero-order valence-corrected chi connectivity index (χ0v) is 16.3. The number of nitrogens with zero attached hydrogens (tertiary/aromatic N) is 1. The summed E-state index contributed by atoms with van der Waals surface area (Å²) >= 11 is 6.16. The Morgan fingerprint density at radius 1 is 1.18 bits per heavy atom. The van der Waals surface area contributed by atoms with Gasteiger partial charge in [0, 0.05) is 0 Å². The topological polar surface area (TPSA) is 127 Å². The summed E-state index contributed by atoms with van der Waals surface area (Å²) in [5.41, 5.74) is 5.74. The third-order valence-electron chi connectivity index (χ3n) is 4.23. The third-order valence-corrected chi connectivity index (χ3v) is 6.41. The van der Waals surface area contributed by atoms with Gasteiger partial charge in [0.25, 0.3) is 11.8 Å². The SMILES string of the molecule is C[C@@H]1CS(=O)(=O)N(c2ccc(C(=O)Nc3ccccc3C(N)=O)c(Cl)c2)C1=O. The van der Waals surface area contributed by atoms with E-state index < -0.39 is 33.7 Å². The molecule has 8 nitrogen and oxygen atoms in total. The van der Waals surface area contributed by atoms with Crippen molar-refractivity contribution in [1.82, 2.24) is 0 Å². The molecule has 3 N–H and O–H groups in total. The van der Waals surface area contributed by atoms with Crippen LogP contribution < -0.4 is 15.4 Å². The van der Waals surface area contributed by atoms with Crippen LogP contribution in [-0.4, -0.2) is 31.9 Å². The van der Waals surface area contributed by atoms with Crippen molar-refractivity contribution in [2.45, 2.75) is 6.92 Å². The van der Waals surface area contributed by atoms with Crippen LogP contribution >= 0.6 is 11.6 Å². The molecule has 1 heterocycles. The Hall–Kier alpha value is -2.91. The molecule has 3 rings (SSSR count). The van der Waals surface area contributed by atoms with Crippen molar-refractivity contribution in [3.63, 3.8) is 0 Å². The van der Waals surface area contributed by atoms with Crippen LogP contribution in [0.5, 0.6) is 0 Å². The molecule has 146 valence electrons. The number of benzene rings is 2. The Kier molecular flexibility index (Phi) is 5.14. The van der Waals surface area contributed by atoms with Gasteiger partial charge < -0.3 is 11.1 Å². The Bertz CT molecular complexity index is 1100. The van der Waals surface area contributed by atoms with Gasteiger partial charge in [0.2, 0.25) is 15.9 Å². The van der Waals surface area contributed by atoms with Crippen LogP contribution in [0.3, 0.4) is 0 Å². The highest BCUT2D eigenvalue weighted by Crippen LogP contribution is 2.31. The van der Waals surface area contributed by atoms with Crippen LogP contribution in [0, 0.1) is 5.92 Å². The highest BCUT2D eigenvalue weighted by atomic mass is 35.5. The maximum Gasteiger partial charge on any atom is 0.257 e. The molecule has 1 atom stereocenters. The van der Waals surface area contributed by atoms with Crippen LogP contribution in [0.1, 0.15) is 27.6 Å². The Labute approximate surface area is 166 Å². The average molecular weight is 422 g/mol. The predicted octanol–water partition coefficient (Wildman–Crippen LogP) is 2.00. The fourth-order valence-corrected chi connectivity index (χ4v) is 4.97. The number of rotatable bonds is 4. The number of para-hydroxylation sites is 1. The second-order valence-electron chi connectivity index (χ2n) is 6.31. The fraction of sp³-hybridized carbons (Fsp3) is 0.167. The van der Waals surface area contributed by atoms with Crippen LogP contribution in [0.4, 0.5) is 11.4 Å². The lowest BCUT2D eigenvalue weighted by Gasteiger charge is -2.16. The summed E-state index contributed by atoms with van der Waals surface area (Å²) in [4.78, 5) is 36.2. The Morgan fingerprint density at radius 3 is 2.43 bits per heavy atom. The zero-order valence-electron chi connectivity index (χ0n) is 14.7. The first kappa shape index (κ1) is 19.8. The second-order valence-corrected chi connectivity index (χ2v) is 8.58. The minimum Gasteiger partial charge on any atom is -0.366 e. The predicted molar refractivity (Wildman–Crippen MR) is 105 cm³/mol. The summed E-state index contributed by atoms with van der Waals surface area (Å²) in [6.07, 6.45) is 0. The van der Waals surface area contributed by atoms with E-state index in [-0.39, 0.29) is 33.3 Å². The smallest absolute Gasteiger partial charge is 0.257 e. The summed E-state index contributed by atoms with van der Waals surface area (Å²) in [5, 5.41) is 2.50. The van der Waals surface area contributed by atoms with Gasteiger partial charge in [0.15, 0.2) is 0 Å². The molecule has 1 fully saturated rings. The number of amides is 3. The van der Waals surface area contributed by atoms with E-state index in [2.05, 4.69) is 5.32 Å². The number of carbonyl (C=O) groups is 3. The van der Waals surface area contributed by atoms with Gasteiger partial charge in [0.1, 0.15) is 0 Å². The molecule has 0 radical (unpaired) electrons. The average Bonchev–Trinajstić information content (AvgIpc) is 2.82. The molecule has 1 aliphatic heterocycles. The highest BCUT2D eigenvalue weighted by molar-refractivity contribution is 7.94. The van der Waals surface area contributed by atoms with Crippen LogP contribution in [0.15, 0.2) is 42.5 Å². The van der Waals surface area contributed by atoms with E-state index in [1.807, 2.05) is 0 Å². The standard InChI is InChI=1S/C18H16ClN3O5S/c1-10-9-28(26,27)22(18(10)25)11-6-7-12(14(19)8-11)17(24)21-15-5-3-2-4-13(15)16(20)23/h2-8,10H,9H2,1H3,(H2,20,23)(H,21,24)/t10-/m1/s1. The van der Waals surface area contributed by atoms with Crippen molar-refractivity contribution in [3.8, 4) is 0 Å². The molecule has 1 aliphatic rings. The molecule has 0 aromatic heterocycles. The number of nitrogens with two attached hydrogens (primary N) is 1. The van der Waals surface area contributed by atoms with E-state index in [9.17, 15) is 22.8 Å². The number of nitrogens with one attached hydrogen (secondary N) is 1. The van der Waals surface area contributed by atoms with E-state index in [1.54, 1.807) is 12.1 Å². The van der Waals surface area contributed by atoms with Crippen LogP contribution in [-0.2, 0) is 14.8 Å². The van der Waals surface area contributed by atoms with Crippen molar-refractivity contribution >= 4 is 50.7 Å². The van der Waals surface area contributed by atoms with Gasteiger partial charge in [-0.3, -0.25) is 14.4 Å². The minimum absolute atomic E-state index is 0.0433. The zero-order chi connectivity index (χ0) is 20.6. The van der Waals surface area contributed by atoms with Gasteiger partial charge in [-0.15, -0.1) is 0 Å². The molecule has 2 aromatic rings. The lowest BCUT2D eigenvalue weighted by atomic mass is 10.1. The van der Waals surface area contributed by atoms with Gasteiger partial charge in [-0.25, -0.2) is 12.7 Å². The molecular formula is C18H16ClN3O5S. The van der Waals surface area contributed by atoms with Gasteiger partial charge >= 0.3 is 0 Å². The summed E-state index contributed by atoms with van der Waals surface area (Å²) < 4.78 is 25.1. The number of hydrogen-bond donors (Lipinski definition) is 2. The minimum atomic E-state index is -3.78. The summed E-state index contributed by atoms with van der Waals surface area (Å²) in [5.74, 6) is -2.81. The van der Waals surface area contributed by atoms with Crippen LogP contribution in [0.25, 0.3) is 0 Å². The number of anilines is 2. The van der Waals surface area contributed by atoms with E-state index >= 15 is 0 Å². The van der Waals surface area contributed by atoms with Crippen molar-refractivity contribution < 1.29 is 22.8 Å². The van der Waals surface area contributed by atoms with Crippen LogP contribution in [0.2, 0.25) is 5.02 Å². The second kappa shape index (κ2) is 7.25. The van der Waals surface area contributed by atoms with Gasteiger partial charge in [-0.05, 0) is 30.3 Å². The van der Waals surface area contributed by atoms with E-state index in [1.165, 1.54) is 37.3 Å². The monoisotopic (exact) mass is 421 g/mol. The number of carbonyl (C=O) groups excluding carboxylic acids is 3. The van der Waals surface area contributed by atoms with Crippen molar-refractivity contribution in [3.05, 3.63) is 58.6 Å². The fourth-order valence-electron chi connectivity index (χ4n) is 2.90. The highest BCUT2D eigenvalue weighted by Gasteiger charge is 2.42. The molecule has 1 saturated heterocycles. The molecule has 0 aliphatic carbocycles. The quantitative estimate of drug-likeness (QED) is 0.780. The number of hydrogen-bond acceptors (Lipinski definition) is 5. The molecule has 0 saturated carbocycles. The first-order valence-corrected chi connectivity index (χ1v) is 10.2. The number of sulfonamides is 1. The lowest BCUT2D eigenvalue weighted by molar-refractivity contribution is -0.119. The van der Waals surface area contributed by atoms with Gasteiger partial charge in [-0.1, -0.05) is 30.7 Å². The van der Waals surface area contributed by atoms with E-state index in [0.29, 0.717) is 4.31 Å². The molecule has 3 amide bonds. The molecule has 0 unspecified atom stereocenters. The maximum absolute atomic E-state index is 12.5. The Morgan fingerprint density at radius 2 is 1.86 bits per heavy atom. The summed E-state index contributed by atoms with van der Waals surface area (Å²) in [6.45, 7) is 1.53. The van der Waals surface area contributed by atoms with Gasteiger partial charge in [0.05, 0.1) is 39.2 Å². The first-order chi connectivity index (χ1) is 13.1. The van der Waals surface area contributed by atoms with E-state index in [4.69, 9.17) is 17.3 Å². The lowest BCUT2D eigenvalue weighted by Crippen LogP contribution is -2.30. The normalized spacial score (nSPS) is 18.1. The van der Waals surface area contributed by atoms with Crippen molar-refractivity contribution in [1.29, 1.82) is 0 Å².